The fourth-order valence-corrected chi connectivity index (χ4v) is 3.33. The molecule has 0 unspecified atom stereocenters. The number of amidine groups is 1. The zero-order chi connectivity index (χ0) is 20.6. The van der Waals surface area contributed by atoms with E-state index >= 15 is 0 Å². The topological polar surface area (TPSA) is 85.0 Å². The summed E-state index contributed by atoms with van der Waals surface area (Å²) in [4.78, 5) is 30.1. The van der Waals surface area contributed by atoms with Gasteiger partial charge in [-0.2, -0.15) is 0 Å². The summed E-state index contributed by atoms with van der Waals surface area (Å²) in [6.07, 6.45) is 3.98. The number of benzene rings is 2. The molecule has 0 saturated heterocycles. The minimum absolute atomic E-state index is 0.0774. The molecule has 1 heterocycles. The average molecular weight is 395 g/mol. The van der Waals surface area contributed by atoms with E-state index in [1.807, 2.05) is 36.1 Å². The van der Waals surface area contributed by atoms with Gasteiger partial charge < -0.3 is 9.64 Å². The average Bonchev–Trinajstić information content (AvgIpc) is 3.02. The van der Waals surface area contributed by atoms with E-state index in [2.05, 4.69) is 0 Å². The first-order valence-electron chi connectivity index (χ1n) is 9.90. The van der Waals surface area contributed by atoms with Crippen molar-refractivity contribution in [2.45, 2.75) is 32.6 Å². The normalized spacial score (nSPS) is 13.9. The number of nitrogens with zero attached hydrogens (tertiary/aromatic N) is 3. The first-order chi connectivity index (χ1) is 14.1. The second kappa shape index (κ2) is 9.82. The summed E-state index contributed by atoms with van der Waals surface area (Å²) in [5.74, 6) is 1.46. The predicted molar refractivity (Wildman–Crippen MR) is 113 cm³/mol. The number of hydrogen-bond acceptors (Lipinski definition) is 6. The van der Waals surface area contributed by atoms with E-state index in [1.165, 1.54) is 18.2 Å². The molecule has 0 atom stereocenters. The van der Waals surface area contributed by atoms with E-state index in [4.69, 9.17) is 9.73 Å². The Balaban J connectivity index is 1.88. The van der Waals surface area contributed by atoms with Crippen molar-refractivity contribution in [3.63, 3.8) is 0 Å². The highest BCUT2D eigenvalue weighted by Crippen LogP contribution is 2.23. The Bertz CT molecular complexity index is 893. The van der Waals surface area contributed by atoms with Gasteiger partial charge >= 0.3 is 0 Å². The molecule has 0 spiro atoms. The van der Waals surface area contributed by atoms with Crippen molar-refractivity contribution in [2.75, 3.05) is 24.6 Å². The molecule has 7 heteroatoms. The lowest BCUT2D eigenvalue weighted by Crippen LogP contribution is -2.36. The van der Waals surface area contributed by atoms with Gasteiger partial charge in [0.15, 0.2) is 5.78 Å². The van der Waals surface area contributed by atoms with Crippen LogP contribution in [0, 0.1) is 10.1 Å². The highest BCUT2D eigenvalue weighted by molar-refractivity contribution is 6.07. The summed E-state index contributed by atoms with van der Waals surface area (Å²) >= 11 is 0. The van der Waals surface area contributed by atoms with Gasteiger partial charge in [-0.25, -0.2) is 0 Å². The molecule has 1 aliphatic heterocycles. The third-order valence-corrected chi connectivity index (χ3v) is 4.80. The number of rotatable bonds is 7. The van der Waals surface area contributed by atoms with Crippen molar-refractivity contribution < 1.29 is 14.5 Å². The highest BCUT2D eigenvalue weighted by Gasteiger charge is 2.20. The molecule has 0 fully saturated rings. The molecule has 1 aliphatic rings. The van der Waals surface area contributed by atoms with Gasteiger partial charge in [-0.1, -0.05) is 18.6 Å². The fourth-order valence-electron chi connectivity index (χ4n) is 3.33. The van der Waals surface area contributed by atoms with Gasteiger partial charge in [0.2, 0.25) is 0 Å². The van der Waals surface area contributed by atoms with E-state index in [0.29, 0.717) is 12.2 Å². The van der Waals surface area contributed by atoms with Crippen molar-refractivity contribution in [2.24, 2.45) is 4.99 Å². The minimum atomic E-state index is -0.490. The van der Waals surface area contributed by atoms with Crippen LogP contribution in [0.5, 0.6) is 5.75 Å². The van der Waals surface area contributed by atoms with Gasteiger partial charge in [0, 0.05) is 36.3 Å². The van der Waals surface area contributed by atoms with Gasteiger partial charge in [-0.05, 0) is 44.0 Å². The van der Waals surface area contributed by atoms with Crippen LogP contribution in [0.15, 0.2) is 53.5 Å². The van der Waals surface area contributed by atoms with Crippen molar-refractivity contribution in [1.29, 1.82) is 0 Å². The van der Waals surface area contributed by atoms with Crippen LogP contribution in [0.4, 0.5) is 11.4 Å². The van der Waals surface area contributed by atoms with Crippen LogP contribution in [-0.4, -0.2) is 36.2 Å². The molecule has 152 valence electrons. The maximum absolute atomic E-state index is 13.0. The number of anilines is 1. The monoisotopic (exact) mass is 395 g/mol. The summed E-state index contributed by atoms with van der Waals surface area (Å²) in [6.45, 7) is 3.33. The Labute approximate surface area is 170 Å². The summed E-state index contributed by atoms with van der Waals surface area (Å²) in [7, 11) is 0. The number of non-ortho nitro benzene ring substituents is 1. The first-order valence-corrected chi connectivity index (χ1v) is 9.90. The highest BCUT2D eigenvalue weighted by atomic mass is 16.6. The zero-order valence-corrected chi connectivity index (χ0v) is 16.5. The van der Waals surface area contributed by atoms with Crippen LogP contribution in [0.1, 0.15) is 43.0 Å². The van der Waals surface area contributed by atoms with Gasteiger partial charge in [-0.15, -0.1) is 0 Å². The maximum atomic E-state index is 13.0. The molecule has 29 heavy (non-hydrogen) atoms. The molecule has 0 radical (unpaired) electrons. The molecule has 2 aromatic carbocycles. The second-order valence-corrected chi connectivity index (χ2v) is 6.85. The molecule has 0 aliphatic carbocycles. The van der Waals surface area contributed by atoms with Crippen molar-refractivity contribution in [3.05, 3.63) is 64.2 Å². The van der Waals surface area contributed by atoms with E-state index in [0.717, 1.165) is 49.5 Å². The van der Waals surface area contributed by atoms with Gasteiger partial charge in [0.05, 0.1) is 18.1 Å². The summed E-state index contributed by atoms with van der Waals surface area (Å²) in [5.41, 5.74) is 1.09. The summed E-state index contributed by atoms with van der Waals surface area (Å²) < 4.78 is 5.51. The lowest BCUT2D eigenvalue weighted by molar-refractivity contribution is -0.384. The van der Waals surface area contributed by atoms with Crippen molar-refractivity contribution in [3.8, 4) is 5.75 Å². The molecule has 0 saturated carbocycles. The van der Waals surface area contributed by atoms with Crippen LogP contribution < -0.4 is 9.64 Å². The predicted octanol–water partition coefficient (Wildman–Crippen LogP) is 4.66. The molecule has 0 aromatic heterocycles. The maximum Gasteiger partial charge on any atom is 0.270 e. The number of ketones is 1. The largest absolute Gasteiger partial charge is 0.494 e. The molecule has 3 rings (SSSR count). The van der Waals surface area contributed by atoms with E-state index in [1.54, 1.807) is 6.07 Å². The lowest BCUT2D eigenvalue weighted by atomic mass is 10.1. The smallest absolute Gasteiger partial charge is 0.270 e. The second-order valence-electron chi connectivity index (χ2n) is 6.85. The Hall–Kier alpha value is -3.22. The summed E-state index contributed by atoms with van der Waals surface area (Å²) in [5, 5.41) is 11.0. The number of aliphatic imine (C=N–C) groups is 1. The Kier molecular flexibility index (Phi) is 6.94. The number of nitro benzene ring substituents is 1. The number of nitro groups is 1. The molecular weight excluding hydrogens is 370 g/mol. The van der Waals surface area contributed by atoms with Crippen LogP contribution in [-0.2, 0) is 0 Å². The van der Waals surface area contributed by atoms with E-state index < -0.39 is 4.92 Å². The van der Waals surface area contributed by atoms with Crippen LogP contribution in [0.3, 0.4) is 0 Å². The number of ether oxygens (including phenoxy) is 1. The molecular formula is C22H25N3O4. The van der Waals surface area contributed by atoms with E-state index in [9.17, 15) is 14.9 Å². The molecule has 2 aromatic rings. The Morgan fingerprint density at radius 1 is 1.17 bits per heavy atom. The van der Waals surface area contributed by atoms with Crippen LogP contribution in [0.25, 0.3) is 0 Å². The van der Waals surface area contributed by atoms with Gasteiger partial charge in [0.25, 0.3) is 5.69 Å². The standard InChI is InChI=1S/C22H25N3O4/c1-2-29-20-12-10-18(11-13-20)24(22-9-4-3-5-14-23-22)16-21(26)17-7-6-8-19(15-17)25(27)28/h6-8,10-13,15H,2-5,9,14,16H2,1H3. The molecule has 7 nitrogen and oxygen atoms in total. The number of carbonyl (C=O) groups is 1. The van der Waals surface area contributed by atoms with Crippen molar-refractivity contribution in [1.82, 2.24) is 0 Å². The first kappa shape index (κ1) is 20.5. The molecule has 0 bridgehead atoms. The minimum Gasteiger partial charge on any atom is -0.494 e. The van der Waals surface area contributed by atoms with Crippen molar-refractivity contribution >= 4 is 23.0 Å². The molecule has 0 amide bonds. The van der Waals surface area contributed by atoms with Gasteiger partial charge in [0.1, 0.15) is 11.6 Å². The third-order valence-electron chi connectivity index (χ3n) is 4.80. The number of Topliss-reactive ketones (excluding diaryl/α,β-unsaturated/α-hetero) is 1. The lowest BCUT2D eigenvalue weighted by Gasteiger charge is -2.26. The molecule has 0 N–H and O–H groups in total. The number of carbonyl (C=O) groups excluding carboxylic acids is 1. The Morgan fingerprint density at radius 3 is 2.69 bits per heavy atom. The van der Waals surface area contributed by atoms with Crippen LogP contribution in [0.2, 0.25) is 0 Å². The summed E-state index contributed by atoms with van der Waals surface area (Å²) in [6, 6.07) is 13.4. The van der Waals surface area contributed by atoms with Crippen LogP contribution >= 0.6 is 0 Å². The quantitative estimate of drug-likeness (QED) is 0.387. The zero-order valence-electron chi connectivity index (χ0n) is 16.5. The van der Waals surface area contributed by atoms with E-state index in [-0.39, 0.29) is 18.0 Å². The SMILES string of the molecule is CCOc1ccc(N(CC(=O)c2cccc([N+](=O)[O-])c2)C2=NCCCCC2)cc1. The third kappa shape index (κ3) is 5.40. The van der Waals surface area contributed by atoms with Gasteiger partial charge in [-0.3, -0.25) is 19.9 Å². The fraction of sp³-hybridized carbons (Fsp3) is 0.364. The Morgan fingerprint density at radius 2 is 1.97 bits per heavy atom. The number of hydrogen-bond donors (Lipinski definition) is 0.